The van der Waals surface area contributed by atoms with Crippen LogP contribution in [0.15, 0.2) is 24.3 Å². The molecule has 0 spiro atoms. The van der Waals surface area contributed by atoms with E-state index >= 15 is 0 Å². The van der Waals surface area contributed by atoms with E-state index in [1.54, 1.807) is 7.11 Å². The topological polar surface area (TPSA) is 21.3 Å². The Labute approximate surface area is 96.6 Å². The maximum Gasteiger partial charge on any atom is 0.0615 e. The van der Waals surface area contributed by atoms with Crippen molar-refractivity contribution in [3.8, 4) is 0 Å². The molecule has 1 rings (SSSR count). The van der Waals surface area contributed by atoms with Gasteiger partial charge < -0.3 is 10.1 Å². The molecule has 0 aliphatic heterocycles. The summed E-state index contributed by atoms with van der Waals surface area (Å²) in [5.41, 5.74) is 1.13. The van der Waals surface area contributed by atoms with Crippen LogP contribution in [-0.4, -0.2) is 19.8 Å². The Balaban J connectivity index is 2.45. The van der Waals surface area contributed by atoms with E-state index in [2.05, 4.69) is 12.2 Å². The molecule has 0 aliphatic rings. The maximum atomic E-state index is 6.06. The molecule has 0 heterocycles. The van der Waals surface area contributed by atoms with Crippen LogP contribution in [0.1, 0.15) is 18.9 Å². The maximum absolute atomic E-state index is 6.06. The number of benzene rings is 1. The van der Waals surface area contributed by atoms with E-state index in [1.807, 2.05) is 24.3 Å². The van der Waals surface area contributed by atoms with Gasteiger partial charge in [-0.05, 0) is 18.1 Å². The molecule has 3 heteroatoms. The second kappa shape index (κ2) is 6.83. The fourth-order valence-corrected chi connectivity index (χ4v) is 1.62. The molecule has 0 saturated heterocycles. The zero-order valence-electron chi connectivity index (χ0n) is 9.29. The summed E-state index contributed by atoms with van der Waals surface area (Å²) in [6.07, 6.45) is 1.05. The van der Waals surface area contributed by atoms with Gasteiger partial charge in [0.15, 0.2) is 0 Å². The highest BCUT2D eigenvalue weighted by Gasteiger charge is 2.05. The highest BCUT2D eigenvalue weighted by atomic mass is 35.5. The lowest BCUT2D eigenvalue weighted by Gasteiger charge is -2.16. The molecule has 1 aromatic carbocycles. The summed E-state index contributed by atoms with van der Waals surface area (Å²) >= 11 is 6.06. The third-order valence-electron chi connectivity index (χ3n) is 2.40. The summed E-state index contributed by atoms with van der Waals surface area (Å²) in [6, 6.07) is 8.29. The molecule has 2 nitrogen and oxygen atoms in total. The summed E-state index contributed by atoms with van der Waals surface area (Å²) in [6.45, 7) is 3.67. The number of nitrogens with one attached hydrogen (secondary N) is 1. The standard InChI is InChI=1S/C12H18ClNO/c1-3-11(9-15-2)14-8-10-6-4-5-7-12(10)13/h4-7,11,14H,3,8-9H2,1-2H3. The molecule has 1 aromatic rings. The Bertz CT molecular complexity index is 291. The average Bonchev–Trinajstić information content (AvgIpc) is 2.26. The second-order valence-electron chi connectivity index (χ2n) is 3.53. The minimum atomic E-state index is 0.395. The third-order valence-corrected chi connectivity index (χ3v) is 2.77. The predicted molar refractivity (Wildman–Crippen MR) is 64.2 cm³/mol. The lowest BCUT2D eigenvalue weighted by Crippen LogP contribution is -2.32. The van der Waals surface area contributed by atoms with Crippen molar-refractivity contribution in [3.63, 3.8) is 0 Å². The van der Waals surface area contributed by atoms with Gasteiger partial charge in [0, 0.05) is 24.7 Å². The van der Waals surface area contributed by atoms with Gasteiger partial charge >= 0.3 is 0 Å². The monoisotopic (exact) mass is 227 g/mol. The fourth-order valence-electron chi connectivity index (χ4n) is 1.42. The van der Waals surface area contributed by atoms with Crippen LogP contribution >= 0.6 is 11.6 Å². The van der Waals surface area contributed by atoms with Gasteiger partial charge in [-0.2, -0.15) is 0 Å². The van der Waals surface area contributed by atoms with E-state index in [4.69, 9.17) is 16.3 Å². The highest BCUT2D eigenvalue weighted by molar-refractivity contribution is 6.31. The number of hydrogen-bond donors (Lipinski definition) is 1. The summed E-state index contributed by atoms with van der Waals surface area (Å²) in [5, 5.41) is 4.23. The lowest BCUT2D eigenvalue weighted by atomic mass is 10.2. The second-order valence-corrected chi connectivity index (χ2v) is 3.94. The molecule has 1 unspecified atom stereocenters. The Morgan fingerprint density at radius 3 is 2.73 bits per heavy atom. The van der Waals surface area contributed by atoms with Crippen molar-refractivity contribution in [2.75, 3.05) is 13.7 Å². The smallest absolute Gasteiger partial charge is 0.0615 e. The Kier molecular flexibility index (Phi) is 5.69. The average molecular weight is 228 g/mol. The van der Waals surface area contributed by atoms with Crippen molar-refractivity contribution >= 4 is 11.6 Å². The minimum Gasteiger partial charge on any atom is -0.383 e. The van der Waals surface area contributed by atoms with E-state index in [-0.39, 0.29) is 0 Å². The van der Waals surface area contributed by atoms with Crippen LogP contribution in [0.25, 0.3) is 0 Å². The van der Waals surface area contributed by atoms with Crippen molar-refractivity contribution in [1.29, 1.82) is 0 Å². The van der Waals surface area contributed by atoms with Gasteiger partial charge in [0.25, 0.3) is 0 Å². The molecule has 0 aliphatic carbocycles. The van der Waals surface area contributed by atoms with Crippen LogP contribution in [0.4, 0.5) is 0 Å². The molecule has 15 heavy (non-hydrogen) atoms. The van der Waals surface area contributed by atoms with Gasteiger partial charge in [0.05, 0.1) is 6.61 Å². The molecule has 0 aromatic heterocycles. The number of ether oxygens (including phenoxy) is 1. The summed E-state index contributed by atoms with van der Waals surface area (Å²) in [4.78, 5) is 0. The first-order valence-corrected chi connectivity index (χ1v) is 5.61. The summed E-state index contributed by atoms with van der Waals surface area (Å²) in [7, 11) is 1.72. The van der Waals surface area contributed by atoms with Crippen LogP contribution in [0, 0.1) is 0 Å². The Morgan fingerprint density at radius 1 is 1.40 bits per heavy atom. The zero-order valence-corrected chi connectivity index (χ0v) is 10.1. The quantitative estimate of drug-likeness (QED) is 0.807. The predicted octanol–water partition coefficient (Wildman–Crippen LogP) is 2.85. The van der Waals surface area contributed by atoms with Gasteiger partial charge in [-0.3, -0.25) is 0 Å². The zero-order chi connectivity index (χ0) is 11.1. The van der Waals surface area contributed by atoms with Crippen LogP contribution in [-0.2, 0) is 11.3 Å². The lowest BCUT2D eigenvalue weighted by molar-refractivity contribution is 0.164. The van der Waals surface area contributed by atoms with Crippen molar-refractivity contribution in [2.45, 2.75) is 25.9 Å². The molecular formula is C12H18ClNO. The molecule has 0 fully saturated rings. The Morgan fingerprint density at radius 2 is 2.13 bits per heavy atom. The molecular weight excluding hydrogens is 210 g/mol. The van der Waals surface area contributed by atoms with Crippen LogP contribution < -0.4 is 5.32 Å². The van der Waals surface area contributed by atoms with Crippen LogP contribution in [0.2, 0.25) is 5.02 Å². The molecule has 1 N–H and O–H groups in total. The minimum absolute atomic E-state index is 0.395. The first kappa shape index (κ1) is 12.5. The van der Waals surface area contributed by atoms with E-state index in [9.17, 15) is 0 Å². The summed E-state index contributed by atoms with van der Waals surface area (Å²) in [5.74, 6) is 0. The van der Waals surface area contributed by atoms with Gasteiger partial charge in [0.2, 0.25) is 0 Å². The highest BCUT2D eigenvalue weighted by Crippen LogP contribution is 2.14. The number of halogens is 1. The number of methoxy groups -OCH3 is 1. The molecule has 1 atom stereocenters. The fraction of sp³-hybridized carbons (Fsp3) is 0.500. The van der Waals surface area contributed by atoms with E-state index < -0.39 is 0 Å². The molecule has 0 bridgehead atoms. The SMILES string of the molecule is CCC(COC)NCc1ccccc1Cl. The van der Waals surface area contributed by atoms with E-state index in [0.717, 1.165) is 30.2 Å². The van der Waals surface area contributed by atoms with E-state index in [1.165, 1.54) is 0 Å². The van der Waals surface area contributed by atoms with Gasteiger partial charge in [-0.25, -0.2) is 0 Å². The molecule has 0 saturated carbocycles. The van der Waals surface area contributed by atoms with Gasteiger partial charge in [-0.1, -0.05) is 36.7 Å². The largest absolute Gasteiger partial charge is 0.383 e. The number of hydrogen-bond acceptors (Lipinski definition) is 2. The van der Waals surface area contributed by atoms with Crippen molar-refractivity contribution in [2.24, 2.45) is 0 Å². The number of rotatable bonds is 6. The summed E-state index contributed by atoms with van der Waals surface area (Å²) < 4.78 is 5.12. The third kappa shape index (κ3) is 4.20. The normalized spacial score (nSPS) is 12.7. The molecule has 0 radical (unpaired) electrons. The van der Waals surface area contributed by atoms with Crippen molar-refractivity contribution in [3.05, 3.63) is 34.9 Å². The van der Waals surface area contributed by atoms with Crippen molar-refractivity contribution in [1.82, 2.24) is 5.32 Å². The Hall–Kier alpha value is -0.570. The first-order valence-electron chi connectivity index (χ1n) is 5.23. The van der Waals surface area contributed by atoms with Gasteiger partial charge in [0.1, 0.15) is 0 Å². The van der Waals surface area contributed by atoms with Crippen LogP contribution in [0.3, 0.4) is 0 Å². The van der Waals surface area contributed by atoms with Gasteiger partial charge in [-0.15, -0.1) is 0 Å². The van der Waals surface area contributed by atoms with Crippen LogP contribution in [0.5, 0.6) is 0 Å². The molecule has 0 amide bonds. The first-order chi connectivity index (χ1) is 7.27. The van der Waals surface area contributed by atoms with Crippen molar-refractivity contribution < 1.29 is 4.74 Å². The molecule has 84 valence electrons. The van der Waals surface area contributed by atoms with E-state index in [0.29, 0.717) is 6.04 Å².